The van der Waals surface area contributed by atoms with Crippen LogP contribution in [-0.2, 0) is 11.2 Å². The number of aromatic nitrogens is 1. The third kappa shape index (κ3) is 3.23. The lowest BCUT2D eigenvalue weighted by Crippen LogP contribution is -2.13. The van der Waals surface area contributed by atoms with Gasteiger partial charge in [-0.05, 0) is 66.6 Å². The number of carbonyl (C=O) groups is 3. The van der Waals surface area contributed by atoms with E-state index in [1.165, 1.54) is 4.57 Å². The van der Waals surface area contributed by atoms with Crippen LogP contribution in [0.2, 0.25) is 5.02 Å². The van der Waals surface area contributed by atoms with Crippen molar-refractivity contribution in [3.8, 4) is 0 Å². The fraction of sp³-hybridized carbons (Fsp3) is 0.105. The number of halogens is 2. The summed E-state index contributed by atoms with van der Waals surface area (Å²) >= 11 is 11.4. The Balaban J connectivity index is 2.25. The number of benzene rings is 2. The highest BCUT2D eigenvalue weighted by Crippen LogP contribution is 2.29. The zero-order valence-electron chi connectivity index (χ0n) is 13.3. The second-order valence-electron chi connectivity index (χ2n) is 5.64. The van der Waals surface area contributed by atoms with Crippen molar-refractivity contribution in [1.82, 2.24) is 4.57 Å². The second kappa shape index (κ2) is 6.82. The Morgan fingerprint density at radius 1 is 1.12 bits per heavy atom. The lowest BCUT2D eigenvalue weighted by molar-refractivity contribution is -0.111. The van der Waals surface area contributed by atoms with E-state index >= 15 is 0 Å². The van der Waals surface area contributed by atoms with E-state index in [1.54, 1.807) is 49.4 Å². The number of nitrogens with zero attached hydrogens (tertiary/aromatic N) is 1. The van der Waals surface area contributed by atoms with Crippen molar-refractivity contribution in [3.05, 3.63) is 69.9 Å². The van der Waals surface area contributed by atoms with Crippen LogP contribution in [0, 0.1) is 6.92 Å². The smallest absolute Gasteiger partial charge is 0.262 e. The molecule has 3 rings (SSSR count). The topological polar surface area (TPSA) is 56.1 Å². The van der Waals surface area contributed by atoms with E-state index in [0.29, 0.717) is 38.3 Å². The summed E-state index contributed by atoms with van der Waals surface area (Å²) in [6, 6.07) is 11.6. The van der Waals surface area contributed by atoms with Crippen LogP contribution in [0.25, 0.3) is 10.9 Å². The molecule has 0 bridgehead atoms. The molecule has 4 nitrogen and oxygen atoms in total. The van der Waals surface area contributed by atoms with E-state index in [9.17, 15) is 14.4 Å². The number of hydrogen-bond acceptors (Lipinski definition) is 3. The maximum atomic E-state index is 13.0. The Morgan fingerprint density at radius 3 is 2.40 bits per heavy atom. The van der Waals surface area contributed by atoms with Crippen LogP contribution in [0.1, 0.15) is 32.0 Å². The lowest BCUT2D eigenvalue weighted by atomic mass is 10.1. The van der Waals surface area contributed by atoms with Gasteiger partial charge in [0.05, 0.1) is 5.52 Å². The van der Waals surface area contributed by atoms with Crippen LogP contribution in [0.3, 0.4) is 0 Å². The molecule has 0 saturated heterocycles. The van der Waals surface area contributed by atoms with E-state index in [2.05, 4.69) is 0 Å². The quantitative estimate of drug-likeness (QED) is 0.502. The molecular formula is C19H13Cl2NO3. The molecule has 0 aliphatic rings. The molecular weight excluding hydrogens is 361 g/mol. The van der Waals surface area contributed by atoms with Crippen molar-refractivity contribution < 1.29 is 14.4 Å². The molecule has 1 heterocycles. The molecule has 0 saturated carbocycles. The number of fused-ring (bicyclic) bond motifs is 1. The SMILES string of the molecule is Cc1c(CC(=O)Cl)c2cc(C=O)ccc2n1C(=O)c1ccc(Cl)cc1. The minimum absolute atomic E-state index is 0.0207. The summed E-state index contributed by atoms with van der Waals surface area (Å²) < 4.78 is 1.53. The van der Waals surface area contributed by atoms with Crippen molar-refractivity contribution in [2.75, 3.05) is 0 Å². The van der Waals surface area contributed by atoms with Crippen molar-refractivity contribution in [2.45, 2.75) is 13.3 Å². The Hall–Kier alpha value is -2.43. The van der Waals surface area contributed by atoms with Gasteiger partial charge in [0, 0.05) is 33.7 Å². The number of carbonyl (C=O) groups excluding carboxylic acids is 3. The van der Waals surface area contributed by atoms with Crippen LogP contribution < -0.4 is 0 Å². The van der Waals surface area contributed by atoms with Gasteiger partial charge in [0.1, 0.15) is 6.29 Å². The Bertz CT molecular complexity index is 1000. The zero-order chi connectivity index (χ0) is 18.1. The van der Waals surface area contributed by atoms with Gasteiger partial charge >= 0.3 is 0 Å². The first-order chi connectivity index (χ1) is 11.9. The lowest BCUT2D eigenvalue weighted by Gasteiger charge is -2.07. The number of rotatable bonds is 4. The van der Waals surface area contributed by atoms with Gasteiger partial charge in [-0.2, -0.15) is 0 Å². The molecule has 6 heteroatoms. The second-order valence-corrected chi connectivity index (χ2v) is 6.50. The molecule has 0 aliphatic heterocycles. The highest BCUT2D eigenvalue weighted by molar-refractivity contribution is 6.63. The summed E-state index contributed by atoms with van der Waals surface area (Å²) in [4.78, 5) is 35.5. The molecule has 2 aromatic carbocycles. The minimum Gasteiger partial charge on any atom is -0.298 e. The maximum Gasteiger partial charge on any atom is 0.262 e. The minimum atomic E-state index is -0.530. The molecule has 1 aromatic heterocycles. The highest BCUT2D eigenvalue weighted by Gasteiger charge is 2.21. The standard InChI is InChI=1S/C19H13Cl2NO3/c1-11-15(9-18(21)24)16-8-12(10-23)2-7-17(16)22(11)19(25)13-3-5-14(20)6-4-13/h2-8,10H,9H2,1H3. The van der Waals surface area contributed by atoms with Gasteiger partial charge in [0.15, 0.2) is 0 Å². The molecule has 0 unspecified atom stereocenters. The summed E-state index contributed by atoms with van der Waals surface area (Å²) in [6.45, 7) is 1.75. The van der Waals surface area contributed by atoms with Gasteiger partial charge in [-0.15, -0.1) is 0 Å². The summed E-state index contributed by atoms with van der Waals surface area (Å²) in [5, 5.41) is 0.672. The number of hydrogen-bond donors (Lipinski definition) is 0. The molecule has 0 atom stereocenters. The first-order valence-electron chi connectivity index (χ1n) is 7.50. The molecule has 0 aliphatic carbocycles. The van der Waals surface area contributed by atoms with E-state index in [-0.39, 0.29) is 12.3 Å². The monoisotopic (exact) mass is 373 g/mol. The molecule has 3 aromatic rings. The van der Waals surface area contributed by atoms with Crippen molar-refractivity contribution in [2.24, 2.45) is 0 Å². The van der Waals surface area contributed by atoms with Gasteiger partial charge in [0.2, 0.25) is 5.24 Å². The van der Waals surface area contributed by atoms with Crippen LogP contribution in [0.15, 0.2) is 42.5 Å². The average Bonchev–Trinajstić information content (AvgIpc) is 2.86. The zero-order valence-corrected chi connectivity index (χ0v) is 14.8. The molecule has 0 N–H and O–H groups in total. The summed E-state index contributed by atoms with van der Waals surface area (Å²) in [6.07, 6.45) is 0.701. The van der Waals surface area contributed by atoms with Gasteiger partial charge in [-0.25, -0.2) is 0 Å². The molecule has 0 radical (unpaired) electrons. The molecule has 0 amide bonds. The fourth-order valence-corrected chi connectivity index (χ4v) is 3.18. The van der Waals surface area contributed by atoms with Gasteiger partial charge in [0.25, 0.3) is 5.91 Å². The predicted octanol–water partition coefficient (Wildman–Crippen LogP) is 4.41. The van der Waals surface area contributed by atoms with Crippen LogP contribution >= 0.6 is 23.2 Å². The third-order valence-corrected chi connectivity index (χ3v) is 4.49. The van der Waals surface area contributed by atoms with Crippen molar-refractivity contribution >= 4 is 51.5 Å². The Kier molecular flexibility index (Phi) is 4.75. The third-order valence-electron chi connectivity index (χ3n) is 4.10. The Morgan fingerprint density at radius 2 is 1.80 bits per heavy atom. The average molecular weight is 374 g/mol. The largest absolute Gasteiger partial charge is 0.298 e. The maximum absolute atomic E-state index is 13.0. The van der Waals surface area contributed by atoms with E-state index < -0.39 is 5.24 Å². The van der Waals surface area contributed by atoms with Gasteiger partial charge < -0.3 is 0 Å². The summed E-state index contributed by atoms with van der Waals surface area (Å²) in [7, 11) is 0. The van der Waals surface area contributed by atoms with Crippen LogP contribution in [0.5, 0.6) is 0 Å². The first kappa shape index (κ1) is 17.4. The van der Waals surface area contributed by atoms with E-state index in [0.717, 1.165) is 6.29 Å². The summed E-state index contributed by atoms with van der Waals surface area (Å²) in [5.74, 6) is -0.244. The molecule has 25 heavy (non-hydrogen) atoms. The van der Waals surface area contributed by atoms with Crippen molar-refractivity contribution in [3.63, 3.8) is 0 Å². The van der Waals surface area contributed by atoms with E-state index in [4.69, 9.17) is 23.2 Å². The normalized spacial score (nSPS) is 10.8. The summed E-state index contributed by atoms with van der Waals surface area (Å²) in [5.41, 5.74) is 2.81. The van der Waals surface area contributed by atoms with Gasteiger partial charge in [-0.1, -0.05) is 11.6 Å². The Labute approximate surface area is 154 Å². The number of aldehydes is 1. The van der Waals surface area contributed by atoms with Crippen molar-refractivity contribution in [1.29, 1.82) is 0 Å². The fourth-order valence-electron chi connectivity index (χ4n) is 2.92. The van der Waals surface area contributed by atoms with E-state index in [1.807, 2.05) is 0 Å². The first-order valence-corrected chi connectivity index (χ1v) is 8.25. The molecule has 0 fully saturated rings. The van der Waals surface area contributed by atoms with Crippen LogP contribution in [-0.4, -0.2) is 22.0 Å². The predicted molar refractivity (Wildman–Crippen MR) is 97.8 cm³/mol. The molecule has 0 spiro atoms. The van der Waals surface area contributed by atoms with Gasteiger partial charge in [-0.3, -0.25) is 19.0 Å². The highest BCUT2D eigenvalue weighted by atomic mass is 35.5. The van der Waals surface area contributed by atoms with Crippen LogP contribution in [0.4, 0.5) is 0 Å². The molecule has 126 valence electrons.